The fourth-order valence-electron chi connectivity index (χ4n) is 4.10. The predicted octanol–water partition coefficient (Wildman–Crippen LogP) is 3.35. The van der Waals surface area contributed by atoms with Gasteiger partial charge < -0.3 is 29.9 Å². The Morgan fingerprint density at radius 3 is 2.44 bits per heavy atom. The predicted molar refractivity (Wildman–Crippen MR) is 129 cm³/mol. The molecule has 0 saturated carbocycles. The highest BCUT2D eigenvalue weighted by Crippen LogP contribution is 2.25. The number of morpholine rings is 1. The number of benzene rings is 2. The molecule has 2 fully saturated rings. The van der Waals surface area contributed by atoms with Crippen LogP contribution in [0.2, 0.25) is 5.02 Å². The lowest BCUT2D eigenvalue weighted by Gasteiger charge is -2.27. The monoisotopic (exact) mass is 486 g/mol. The molecule has 34 heavy (non-hydrogen) atoms. The van der Waals surface area contributed by atoms with Gasteiger partial charge >= 0.3 is 6.03 Å². The second-order valence-electron chi connectivity index (χ2n) is 8.05. The third-order valence-corrected chi connectivity index (χ3v) is 6.01. The molecule has 0 spiro atoms. The average molecular weight is 487 g/mol. The van der Waals surface area contributed by atoms with Crippen LogP contribution in [-0.2, 0) is 19.1 Å². The Morgan fingerprint density at radius 2 is 1.76 bits per heavy atom. The van der Waals surface area contributed by atoms with Crippen LogP contribution in [0, 0.1) is 0 Å². The summed E-state index contributed by atoms with van der Waals surface area (Å²) >= 11 is 5.91. The number of carbonyl (C=O) groups is 3. The summed E-state index contributed by atoms with van der Waals surface area (Å²) in [7, 11) is 0. The molecule has 2 aliphatic heterocycles. The van der Waals surface area contributed by atoms with E-state index < -0.39 is 6.04 Å². The molecular formula is C24H27ClN4O5. The van der Waals surface area contributed by atoms with E-state index >= 15 is 0 Å². The molecule has 0 radical (unpaired) electrons. The fraction of sp³-hybridized carbons (Fsp3) is 0.375. The van der Waals surface area contributed by atoms with Gasteiger partial charge in [0.25, 0.3) is 5.91 Å². The largest absolute Gasteiger partial charge is 0.377 e. The van der Waals surface area contributed by atoms with Gasteiger partial charge in [-0.2, -0.15) is 0 Å². The van der Waals surface area contributed by atoms with Gasteiger partial charge in [0.15, 0.2) is 0 Å². The summed E-state index contributed by atoms with van der Waals surface area (Å²) in [4.78, 5) is 41.3. The van der Waals surface area contributed by atoms with E-state index in [4.69, 9.17) is 21.1 Å². The first-order valence-corrected chi connectivity index (χ1v) is 11.6. The number of nitrogens with one attached hydrogen (secondary N) is 2. The standard InChI is InChI=1S/C24H27ClN4O5/c1-2-34-20-13-21(29(14-20)24(32)27-18-5-3-16(25)4-6-18)23(31)26-17-7-9-19(10-8-17)28-11-12-33-15-22(28)30/h3-10,20-21H,2,11-15H2,1H3,(H,26,31)(H,27,32)/t20-,21-/m0/s1. The molecule has 0 bridgehead atoms. The highest BCUT2D eigenvalue weighted by molar-refractivity contribution is 6.30. The van der Waals surface area contributed by atoms with Crippen molar-refractivity contribution >= 4 is 46.5 Å². The summed E-state index contributed by atoms with van der Waals surface area (Å²) < 4.78 is 10.9. The lowest BCUT2D eigenvalue weighted by molar-refractivity contribution is -0.125. The summed E-state index contributed by atoms with van der Waals surface area (Å²) in [5.74, 6) is -0.401. The van der Waals surface area contributed by atoms with Crippen LogP contribution in [0.15, 0.2) is 48.5 Å². The molecule has 2 aromatic carbocycles. The first kappa shape index (κ1) is 24.0. The van der Waals surface area contributed by atoms with Crippen molar-refractivity contribution < 1.29 is 23.9 Å². The highest BCUT2D eigenvalue weighted by atomic mass is 35.5. The molecule has 4 rings (SSSR count). The van der Waals surface area contributed by atoms with Gasteiger partial charge in [-0.25, -0.2) is 4.79 Å². The maximum absolute atomic E-state index is 13.1. The minimum Gasteiger partial charge on any atom is -0.377 e. The van der Waals surface area contributed by atoms with Gasteiger partial charge in [-0.3, -0.25) is 9.59 Å². The van der Waals surface area contributed by atoms with Crippen LogP contribution in [0.5, 0.6) is 0 Å². The third-order valence-electron chi connectivity index (χ3n) is 5.76. The van der Waals surface area contributed by atoms with Crippen molar-refractivity contribution in [2.75, 3.05) is 48.4 Å². The molecule has 9 nitrogen and oxygen atoms in total. The fourth-order valence-corrected chi connectivity index (χ4v) is 4.22. The quantitative estimate of drug-likeness (QED) is 0.652. The van der Waals surface area contributed by atoms with Gasteiger partial charge in [-0.05, 0) is 55.5 Å². The van der Waals surface area contributed by atoms with E-state index in [9.17, 15) is 14.4 Å². The molecule has 4 amide bonds. The van der Waals surface area contributed by atoms with Crippen molar-refractivity contribution in [1.29, 1.82) is 0 Å². The van der Waals surface area contributed by atoms with Crippen molar-refractivity contribution in [2.45, 2.75) is 25.5 Å². The molecular weight excluding hydrogens is 460 g/mol. The van der Waals surface area contributed by atoms with Gasteiger partial charge in [0.05, 0.1) is 12.7 Å². The SMILES string of the molecule is CCO[C@H]1C[C@@H](C(=O)Nc2ccc(N3CCOCC3=O)cc2)N(C(=O)Nc2ccc(Cl)cc2)C1. The Hall–Kier alpha value is -3.14. The number of rotatable bonds is 6. The van der Waals surface area contributed by atoms with Crippen LogP contribution < -0.4 is 15.5 Å². The topological polar surface area (TPSA) is 100 Å². The van der Waals surface area contributed by atoms with Crippen molar-refractivity contribution in [3.8, 4) is 0 Å². The van der Waals surface area contributed by atoms with E-state index in [1.165, 1.54) is 4.90 Å². The lowest BCUT2D eigenvalue weighted by atomic mass is 10.1. The number of ether oxygens (including phenoxy) is 2. The number of hydrogen-bond donors (Lipinski definition) is 2. The molecule has 10 heteroatoms. The summed E-state index contributed by atoms with van der Waals surface area (Å²) in [6.07, 6.45) is 0.167. The number of nitrogens with zero attached hydrogens (tertiary/aromatic N) is 2. The van der Waals surface area contributed by atoms with Crippen LogP contribution in [0.25, 0.3) is 0 Å². The van der Waals surface area contributed by atoms with E-state index in [1.54, 1.807) is 53.4 Å². The van der Waals surface area contributed by atoms with Gasteiger partial charge in [0.2, 0.25) is 5.91 Å². The Labute approximate surface area is 202 Å². The smallest absolute Gasteiger partial charge is 0.322 e. The summed E-state index contributed by atoms with van der Waals surface area (Å²) in [6.45, 7) is 3.72. The highest BCUT2D eigenvalue weighted by Gasteiger charge is 2.40. The van der Waals surface area contributed by atoms with E-state index in [-0.39, 0.29) is 30.6 Å². The second kappa shape index (κ2) is 10.9. The maximum Gasteiger partial charge on any atom is 0.322 e. The number of likely N-dealkylation sites (tertiary alicyclic amines) is 1. The molecule has 2 aromatic rings. The number of hydrogen-bond acceptors (Lipinski definition) is 5. The molecule has 2 aliphatic rings. The van der Waals surface area contributed by atoms with Gasteiger partial charge in [-0.1, -0.05) is 11.6 Å². The van der Waals surface area contributed by atoms with Crippen molar-refractivity contribution in [3.05, 3.63) is 53.6 Å². The van der Waals surface area contributed by atoms with Gasteiger partial charge in [-0.15, -0.1) is 0 Å². The van der Waals surface area contributed by atoms with E-state index in [1.807, 2.05) is 6.92 Å². The van der Waals surface area contributed by atoms with Crippen molar-refractivity contribution in [1.82, 2.24) is 4.90 Å². The van der Waals surface area contributed by atoms with Crippen molar-refractivity contribution in [3.63, 3.8) is 0 Å². The lowest BCUT2D eigenvalue weighted by Crippen LogP contribution is -2.45. The van der Waals surface area contributed by atoms with Crippen molar-refractivity contribution in [2.24, 2.45) is 0 Å². The summed E-state index contributed by atoms with van der Waals surface area (Å²) in [5.41, 5.74) is 1.90. The molecule has 2 heterocycles. The number of urea groups is 1. The molecule has 0 aromatic heterocycles. The first-order valence-electron chi connectivity index (χ1n) is 11.2. The van der Waals surface area contributed by atoms with E-state index in [2.05, 4.69) is 10.6 Å². The third kappa shape index (κ3) is 5.67. The zero-order valence-corrected chi connectivity index (χ0v) is 19.6. The molecule has 2 N–H and O–H groups in total. The number of carbonyl (C=O) groups excluding carboxylic acids is 3. The average Bonchev–Trinajstić information content (AvgIpc) is 3.26. The summed E-state index contributed by atoms with van der Waals surface area (Å²) in [5, 5.41) is 6.26. The Balaban J connectivity index is 1.43. The first-order chi connectivity index (χ1) is 16.4. The van der Waals surface area contributed by atoms with Crippen LogP contribution >= 0.6 is 11.6 Å². The van der Waals surface area contributed by atoms with Crippen LogP contribution in [0.1, 0.15) is 13.3 Å². The Morgan fingerprint density at radius 1 is 1.09 bits per heavy atom. The number of halogens is 1. The molecule has 2 atom stereocenters. The zero-order valence-electron chi connectivity index (χ0n) is 18.8. The van der Waals surface area contributed by atoms with Gasteiger partial charge in [0, 0.05) is 48.2 Å². The van der Waals surface area contributed by atoms with Crippen LogP contribution in [0.4, 0.5) is 21.9 Å². The normalized spacial score (nSPS) is 20.4. The van der Waals surface area contributed by atoms with Crippen LogP contribution in [0.3, 0.4) is 0 Å². The van der Waals surface area contributed by atoms with Gasteiger partial charge in [0.1, 0.15) is 12.6 Å². The van der Waals surface area contributed by atoms with E-state index in [0.29, 0.717) is 49.1 Å². The summed E-state index contributed by atoms with van der Waals surface area (Å²) in [6, 6.07) is 12.7. The zero-order chi connectivity index (χ0) is 24.1. The van der Waals surface area contributed by atoms with Crippen LogP contribution in [-0.4, -0.2) is 67.8 Å². The molecule has 0 unspecified atom stereocenters. The minimum absolute atomic E-state index is 0.0646. The maximum atomic E-state index is 13.1. The molecule has 2 saturated heterocycles. The molecule has 0 aliphatic carbocycles. The molecule has 180 valence electrons. The Bertz CT molecular complexity index is 1030. The second-order valence-corrected chi connectivity index (χ2v) is 8.49. The number of anilines is 3. The van der Waals surface area contributed by atoms with E-state index in [0.717, 1.165) is 5.69 Å². The minimum atomic E-state index is -0.690. The Kier molecular flexibility index (Phi) is 7.66. The number of amides is 4.